The van der Waals surface area contributed by atoms with Gasteiger partial charge < -0.3 is 16.4 Å². The van der Waals surface area contributed by atoms with Crippen LogP contribution in [0.25, 0.3) is 0 Å². The molecule has 1 aliphatic rings. The Kier molecular flexibility index (Phi) is 3.68. The minimum absolute atomic E-state index is 0.117. The maximum absolute atomic E-state index is 11.9. The zero-order chi connectivity index (χ0) is 11.5. The van der Waals surface area contributed by atoms with Gasteiger partial charge in [-0.3, -0.25) is 9.59 Å². The monoisotopic (exact) mass is 213 g/mol. The van der Waals surface area contributed by atoms with E-state index in [4.69, 9.17) is 5.73 Å². The molecule has 4 N–H and O–H groups in total. The van der Waals surface area contributed by atoms with Gasteiger partial charge in [0.05, 0.1) is 5.54 Å². The van der Waals surface area contributed by atoms with Crippen molar-refractivity contribution >= 4 is 11.8 Å². The highest BCUT2D eigenvalue weighted by molar-refractivity contribution is 5.91. The van der Waals surface area contributed by atoms with E-state index in [-0.39, 0.29) is 5.91 Å². The fraction of sp³-hybridized carbons (Fsp3) is 0.800. The van der Waals surface area contributed by atoms with E-state index >= 15 is 0 Å². The molecule has 0 radical (unpaired) electrons. The molecule has 0 saturated carbocycles. The summed E-state index contributed by atoms with van der Waals surface area (Å²) < 4.78 is 0. The van der Waals surface area contributed by atoms with Gasteiger partial charge in [-0.25, -0.2) is 0 Å². The van der Waals surface area contributed by atoms with Crippen LogP contribution in [0.15, 0.2) is 0 Å². The standard InChI is InChI=1S/C10H19N3O2/c1-3-10(5-4-6-12-10)9(15)13-7(2)8(11)14/h7,12H,3-6H2,1-2H3,(H2,11,14)(H,13,15)/t7-,10?/m0/s1. The molecule has 5 nitrogen and oxygen atoms in total. The van der Waals surface area contributed by atoms with E-state index in [2.05, 4.69) is 10.6 Å². The molecule has 1 rings (SSSR count). The second-order valence-corrected chi connectivity index (χ2v) is 4.06. The van der Waals surface area contributed by atoms with Crippen LogP contribution in [0.2, 0.25) is 0 Å². The van der Waals surface area contributed by atoms with Crippen LogP contribution in [-0.2, 0) is 9.59 Å². The van der Waals surface area contributed by atoms with Gasteiger partial charge in [0.1, 0.15) is 6.04 Å². The average Bonchev–Trinajstić information content (AvgIpc) is 2.66. The molecule has 0 aromatic rings. The number of nitrogens with two attached hydrogens (primary N) is 1. The second-order valence-electron chi connectivity index (χ2n) is 4.06. The van der Waals surface area contributed by atoms with Crippen LogP contribution >= 0.6 is 0 Å². The zero-order valence-electron chi connectivity index (χ0n) is 9.30. The highest BCUT2D eigenvalue weighted by Crippen LogP contribution is 2.23. The van der Waals surface area contributed by atoms with E-state index in [9.17, 15) is 9.59 Å². The van der Waals surface area contributed by atoms with Crippen LogP contribution < -0.4 is 16.4 Å². The Morgan fingerprint density at radius 2 is 2.27 bits per heavy atom. The predicted molar refractivity (Wildman–Crippen MR) is 57.1 cm³/mol. The molecule has 0 bridgehead atoms. The van der Waals surface area contributed by atoms with Gasteiger partial charge in [0.15, 0.2) is 0 Å². The molecule has 15 heavy (non-hydrogen) atoms. The van der Waals surface area contributed by atoms with E-state index in [0.717, 1.165) is 25.8 Å². The Labute approximate surface area is 89.8 Å². The van der Waals surface area contributed by atoms with E-state index < -0.39 is 17.5 Å². The maximum atomic E-state index is 11.9. The largest absolute Gasteiger partial charge is 0.368 e. The van der Waals surface area contributed by atoms with Gasteiger partial charge in [0.2, 0.25) is 11.8 Å². The Hall–Kier alpha value is -1.10. The van der Waals surface area contributed by atoms with Crippen molar-refractivity contribution in [2.75, 3.05) is 6.54 Å². The molecule has 1 heterocycles. The number of nitrogens with one attached hydrogen (secondary N) is 2. The lowest BCUT2D eigenvalue weighted by atomic mass is 9.93. The molecular formula is C10H19N3O2. The lowest BCUT2D eigenvalue weighted by molar-refractivity contribution is -0.131. The van der Waals surface area contributed by atoms with Crippen molar-refractivity contribution in [3.8, 4) is 0 Å². The van der Waals surface area contributed by atoms with Gasteiger partial charge in [0.25, 0.3) is 0 Å². The molecular weight excluding hydrogens is 194 g/mol. The van der Waals surface area contributed by atoms with Crippen LogP contribution in [0.3, 0.4) is 0 Å². The molecule has 1 unspecified atom stereocenters. The van der Waals surface area contributed by atoms with Crippen LogP contribution in [0.1, 0.15) is 33.1 Å². The van der Waals surface area contributed by atoms with Crippen LogP contribution in [-0.4, -0.2) is 29.9 Å². The molecule has 1 fully saturated rings. The summed E-state index contributed by atoms with van der Waals surface area (Å²) in [6.07, 6.45) is 2.54. The summed E-state index contributed by atoms with van der Waals surface area (Å²) in [4.78, 5) is 22.8. The Balaban J connectivity index is 2.62. The molecule has 0 spiro atoms. The third-order valence-electron chi connectivity index (χ3n) is 3.06. The fourth-order valence-corrected chi connectivity index (χ4v) is 1.87. The first-order valence-electron chi connectivity index (χ1n) is 5.37. The summed E-state index contributed by atoms with van der Waals surface area (Å²) in [6.45, 7) is 4.41. The summed E-state index contributed by atoms with van der Waals surface area (Å²) in [5, 5.41) is 5.84. The van der Waals surface area contributed by atoms with E-state index in [0.29, 0.717) is 0 Å². The fourth-order valence-electron chi connectivity index (χ4n) is 1.87. The van der Waals surface area contributed by atoms with Crippen molar-refractivity contribution in [1.82, 2.24) is 10.6 Å². The highest BCUT2D eigenvalue weighted by atomic mass is 16.2. The van der Waals surface area contributed by atoms with Gasteiger partial charge in [-0.1, -0.05) is 6.92 Å². The number of hydrogen-bond donors (Lipinski definition) is 3. The number of carbonyl (C=O) groups is 2. The summed E-state index contributed by atoms with van der Waals surface area (Å²) >= 11 is 0. The maximum Gasteiger partial charge on any atom is 0.240 e. The van der Waals surface area contributed by atoms with Crippen LogP contribution in [0.4, 0.5) is 0 Å². The minimum Gasteiger partial charge on any atom is -0.368 e. The lowest BCUT2D eigenvalue weighted by Crippen LogP contribution is -2.56. The van der Waals surface area contributed by atoms with Gasteiger partial charge in [-0.05, 0) is 32.7 Å². The Morgan fingerprint density at radius 3 is 2.67 bits per heavy atom. The number of rotatable bonds is 4. The smallest absolute Gasteiger partial charge is 0.240 e. The van der Waals surface area contributed by atoms with Crippen molar-refractivity contribution in [3.63, 3.8) is 0 Å². The predicted octanol–water partition coefficient (Wildman–Crippen LogP) is -0.491. The first kappa shape index (κ1) is 12.0. The molecule has 2 atom stereocenters. The summed E-state index contributed by atoms with van der Waals surface area (Å²) in [7, 11) is 0. The topological polar surface area (TPSA) is 84.2 Å². The van der Waals surface area contributed by atoms with Crippen LogP contribution in [0, 0.1) is 0 Å². The number of amides is 2. The summed E-state index contributed by atoms with van der Waals surface area (Å²) in [5.41, 5.74) is 4.60. The van der Waals surface area contributed by atoms with Gasteiger partial charge >= 0.3 is 0 Å². The molecule has 0 aromatic carbocycles. The zero-order valence-corrected chi connectivity index (χ0v) is 9.30. The van der Waals surface area contributed by atoms with Crippen molar-refractivity contribution in [2.45, 2.75) is 44.7 Å². The van der Waals surface area contributed by atoms with E-state index in [1.807, 2.05) is 6.92 Å². The molecule has 5 heteroatoms. The van der Waals surface area contributed by atoms with Gasteiger partial charge in [0, 0.05) is 0 Å². The van der Waals surface area contributed by atoms with Crippen molar-refractivity contribution in [3.05, 3.63) is 0 Å². The number of carbonyl (C=O) groups excluding carboxylic acids is 2. The average molecular weight is 213 g/mol. The normalized spacial score (nSPS) is 27.3. The molecule has 0 aliphatic carbocycles. The number of hydrogen-bond acceptors (Lipinski definition) is 3. The third kappa shape index (κ3) is 2.47. The SMILES string of the molecule is CCC1(C(=O)N[C@@H](C)C(N)=O)CCCN1. The van der Waals surface area contributed by atoms with Gasteiger partial charge in [-0.15, -0.1) is 0 Å². The molecule has 86 valence electrons. The van der Waals surface area contributed by atoms with E-state index in [1.54, 1.807) is 6.92 Å². The second kappa shape index (κ2) is 4.61. The van der Waals surface area contributed by atoms with E-state index in [1.165, 1.54) is 0 Å². The quantitative estimate of drug-likeness (QED) is 0.589. The Bertz CT molecular complexity index is 259. The van der Waals surface area contributed by atoms with Gasteiger partial charge in [-0.2, -0.15) is 0 Å². The first-order valence-corrected chi connectivity index (χ1v) is 5.37. The molecule has 1 aliphatic heterocycles. The van der Waals surface area contributed by atoms with Crippen LogP contribution in [0.5, 0.6) is 0 Å². The minimum atomic E-state index is -0.608. The summed E-state index contributed by atoms with van der Waals surface area (Å²) in [6, 6.07) is -0.608. The Morgan fingerprint density at radius 1 is 1.60 bits per heavy atom. The third-order valence-corrected chi connectivity index (χ3v) is 3.06. The highest BCUT2D eigenvalue weighted by Gasteiger charge is 2.39. The lowest BCUT2D eigenvalue weighted by Gasteiger charge is -2.27. The van der Waals surface area contributed by atoms with Crippen molar-refractivity contribution < 1.29 is 9.59 Å². The molecule has 2 amide bonds. The summed E-state index contributed by atoms with van der Waals surface area (Å²) in [5.74, 6) is -0.624. The number of primary amides is 1. The van der Waals surface area contributed by atoms with Crippen molar-refractivity contribution in [2.24, 2.45) is 5.73 Å². The first-order chi connectivity index (χ1) is 7.02. The molecule has 0 aromatic heterocycles. The van der Waals surface area contributed by atoms with Crippen molar-refractivity contribution in [1.29, 1.82) is 0 Å². The molecule has 1 saturated heterocycles.